The van der Waals surface area contributed by atoms with Crippen molar-refractivity contribution in [3.63, 3.8) is 0 Å². The van der Waals surface area contributed by atoms with Crippen LogP contribution in [0.5, 0.6) is 11.5 Å². The summed E-state index contributed by atoms with van der Waals surface area (Å²) in [5.74, 6) is 0.947. The molecule has 0 aliphatic heterocycles. The van der Waals surface area contributed by atoms with Gasteiger partial charge in [0.15, 0.2) is 0 Å². The van der Waals surface area contributed by atoms with Gasteiger partial charge in [-0.05, 0) is 102 Å². The lowest BCUT2D eigenvalue weighted by atomic mass is 10.2. The predicted molar refractivity (Wildman–Crippen MR) is 195 cm³/mol. The maximum absolute atomic E-state index is 13.3. The van der Waals surface area contributed by atoms with Gasteiger partial charge >= 0.3 is 12.2 Å². The lowest BCUT2D eigenvalue weighted by Crippen LogP contribution is -2.43. The summed E-state index contributed by atoms with van der Waals surface area (Å²) in [7, 11) is 3.18. The maximum Gasteiger partial charge on any atom is 0.410 e. The van der Waals surface area contributed by atoms with Crippen LogP contribution in [-0.4, -0.2) is 98.5 Å². The Morgan fingerprint density at radius 1 is 0.620 bits per heavy atom. The molecule has 12 heteroatoms. The van der Waals surface area contributed by atoms with E-state index in [4.69, 9.17) is 18.9 Å². The minimum Gasteiger partial charge on any atom is -0.497 e. The number of unbranched alkanes of at least 4 members (excludes halogenated alkanes) is 1. The molecule has 274 valence electrons. The van der Waals surface area contributed by atoms with Crippen LogP contribution in [0.1, 0.15) is 65.5 Å². The number of amides is 4. The first-order valence-electron chi connectivity index (χ1n) is 16.7. The van der Waals surface area contributed by atoms with E-state index < -0.39 is 23.4 Å². The number of rotatable bonds is 17. The highest BCUT2D eigenvalue weighted by molar-refractivity contribution is 5.92. The number of nitrogens with one attached hydrogen (secondary N) is 2. The molecule has 2 N–H and O–H groups in total. The largest absolute Gasteiger partial charge is 0.497 e. The molecule has 0 fully saturated rings. The van der Waals surface area contributed by atoms with E-state index in [0.29, 0.717) is 31.7 Å². The topological polar surface area (TPSA) is 136 Å². The van der Waals surface area contributed by atoms with Crippen molar-refractivity contribution in [2.75, 3.05) is 53.5 Å². The molecule has 0 aliphatic rings. The molecule has 2 aromatic rings. The van der Waals surface area contributed by atoms with Crippen LogP contribution in [0, 0.1) is 0 Å². The molecule has 0 aliphatic carbocycles. The van der Waals surface area contributed by atoms with Crippen molar-refractivity contribution in [3.8, 4) is 11.5 Å². The van der Waals surface area contributed by atoms with E-state index in [1.807, 2.05) is 48.5 Å². The van der Waals surface area contributed by atoms with Crippen molar-refractivity contribution >= 4 is 36.2 Å². The Morgan fingerprint density at radius 2 is 1.08 bits per heavy atom. The molecule has 0 aromatic heterocycles. The van der Waals surface area contributed by atoms with E-state index in [-0.39, 0.29) is 38.0 Å². The molecule has 2 rings (SSSR count). The third-order valence-corrected chi connectivity index (χ3v) is 6.88. The van der Waals surface area contributed by atoms with Crippen molar-refractivity contribution in [3.05, 3.63) is 71.8 Å². The highest BCUT2D eigenvalue weighted by Crippen LogP contribution is 2.14. The Labute approximate surface area is 296 Å². The number of ether oxygens (including phenoxy) is 4. The molecule has 0 saturated carbocycles. The first kappa shape index (κ1) is 41.2. The van der Waals surface area contributed by atoms with Gasteiger partial charge in [0, 0.05) is 51.4 Å². The van der Waals surface area contributed by atoms with Gasteiger partial charge in [-0.15, -0.1) is 0 Å². The molecule has 0 heterocycles. The van der Waals surface area contributed by atoms with Crippen molar-refractivity contribution in [1.82, 2.24) is 20.4 Å². The fourth-order valence-electron chi connectivity index (χ4n) is 4.41. The van der Waals surface area contributed by atoms with Crippen LogP contribution < -0.4 is 20.1 Å². The lowest BCUT2D eigenvalue weighted by Gasteiger charge is -2.28. The van der Waals surface area contributed by atoms with E-state index in [1.165, 1.54) is 17.1 Å². The number of benzene rings is 2. The zero-order valence-electron chi connectivity index (χ0n) is 30.7. The van der Waals surface area contributed by atoms with Gasteiger partial charge in [-0.25, -0.2) is 9.59 Å². The highest BCUT2D eigenvalue weighted by Gasteiger charge is 2.23. The van der Waals surface area contributed by atoms with Gasteiger partial charge in [-0.2, -0.15) is 0 Å². The van der Waals surface area contributed by atoms with E-state index in [0.717, 1.165) is 16.9 Å². The van der Waals surface area contributed by atoms with Gasteiger partial charge < -0.3 is 39.4 Å². The molecule has 0 atom stereocenters. The number of methoxy groups -OCH3 is 2. The molecule has 2 aromatic carbocycles. The van der Waals surface area contributed by atoms with Crippen molar-refractivity contribution in [2.45, 2.75) is 65.6 Å². The van der Waals surface area contributed by atoms with Crippen LogP contribution in [0.3, 0.4) is 0 Å². The molecule has 0 bridgehead atoms. The van der Waals surface area contributed by atoms with E-state index in [9.17, 15) is 19.2 Å². The Bertz CT molecular complexity index is 1420. The molecule has 0 radical (unpaired) electrons. The predicted octanol–water partition coefficient (Wildman–Crippen LogP) is 5.92. The Morgan fingerprint density at radius 3 is 1.58 bits per heavy atom. The van der Waals surface area contributed by atoms with E-state index in [2.05, 4.69) is 10.6 Å². The fourth-order valence-corrected chi connectivity index (χ4v) is 4.41. The van der Waals surface area contributed by atoms with Gasteiger partial charge in [0.05, 0.1) is 14.2 Å². The summed E-state index contributed by atoms with van der Waals surface area (Å²) in [6.07, 6.45) is 6.46. The first-order valence-corrected chi connectivity index (χ1v) is 16.7. The summed E-state index contributed by atoms with van der Waals surface area (Å²) in [6, 6.07) is 14.7. The Kier molecular flexibility index (Phi) is 16.9. The molecule has 50 heavy (non-hydrogen) atoms. The second-order valence-corrected chi connectivity index (χ2v) is 13.4. The summed E-state index contributed by atoms with van der Waals surface area (Å²) >= 11 is 0. The van der Waals surface area contributed by atoms with Crippen molar-refractivity contribution < 1.29 is 38.1 Å². The van der Waals surface area contributed by atoms with E-state index in [1.54, 1.807) is 72.8 Å². The molecule has 0 unspecified atom stereocenters. The summed E-state index contributed by atoms with van der Waals surface area (Å²) < 4.78 is 21.2. The highest BCUT2D eigenvalue weighted by atomic mass is 16.6. The minimum absolute atomic E-state index is 0.182. The average molecular weight is 695 g/mol. The number of alkyl carbamates (subject to hydrolysis) is 1. The summed E-state index contributed by atoms with van der Waals surface area (Å²) in [5.41, 5.74) is 0.354. The van der Waals surface area contributed by atoms with Crippen LogP contribution in [0.25, 0.3) is 12.2 Å². The van der Waals surface area contributed by atoms with Gasteiger partial charge in [-0.3, -0.25) is 9.59 Å². The summed E-state index contributed by atoms with van der Waals surface area (Å²) in [6.45, 7) is 12.4. The number of hydrogen-bond donors (Lipinski definition) is 2. The lowest BCUT2D eigenvalue weighted by molar-refractivity contribution is -0.126. The molecule has 0 spiro atoms. The molecular formula is C38H54N4O8. The first-order chi connectivity index (χ1) is 23.6. The fraction of sp³-hybridized carbons (Fsp3) is 0.474. The standard InChI is InChI=1S/C38H54N4O8/c1-37(2,3)49-35(45)40-24-28-42(36(46)50-38(4,5)6)26-10-9-25-41(34(44)22-16-30-13-19-32(48-8)20-14-30)27-23-39-33(43)21-15-29-11-17-31(47-7)18-12-29/h11-22H,9-10,23-28H2,1-8H3,(H,39,43)(H,40,45)/b21-15+,22-16+. The zero-order chi connectivity index (χ0) is 37.2. The molecule has 12 nitrogen and oxygen atoms in total. The smallest absolute Gasteiger partial charge is 0.410 e. The van der Waals surface area contributed by atoms with Gasteiger partial charge in [0.25, 0.3) is 0 Å². The van der Waals surface area contributed by atoms with Crippen LogP contribution >= 0.6 is 0 Å². The van der Waals surface area contributed by atoms with Gasteiger partial charge in [0.1, 0.15) is 22.7 Å². The second-order valence-electron chi connectivity index (χ2n) is 13.4. The van der Waals surface area contributed by atoms with Gasteiger partial charge in [0.2, 0.25) is 11.8 Å². The molecule has 0 saturated heterocycles. The summed E-state index contributed by atoms with van der Waals surface area (Å²) in [4.78, 5) is 54.1. The number of carbonyl (C=O) groups excluding carboxylic acids is 4. The monoisotopic (exact) mass is 694 g/mol. The van der Waals surface area contributed by atoms with Crippen molar-refractivity contribution in [2.24, 2.45) is 0 Å². The normalized spacial score (nSPS) is 11.6. The molecular weight excluding hydrogens is 640 g/mol. The van der Waals surface area contributed by atoms with Crippen LogP contribution in [-0.2, 0) is 19.1 Å². The van der Waals surface area contributed by atoms with Crippen LogP contribution in [0.2, 0.25) is 0 Å². The number of nitrogens with zero attached hydrogens (tertiary/aromatic N) is 2. The van der Waals surface area contributed by atoms with Crippen molar-refractivity contribution in [1.29, 1.82) is 0 Å². The molecule has 4 amide bonds. The van der Waals surface area contributed by atoms with Crippen LogP contribution in [0.15, 0.2) is 60.7 Å². The number of carbonyl (C=O) groups is 4. The van der Waals surface area contributed by atoms with Crippen LogP contribution in [0.4, 0.5) is 9.59 Å². The van der Waals surface area contributed by atoms with E-state index >= 15 is 0 Å². The van der Waals surface area contributed by atoms with Gasteiger partial charge in [-0.1, -0.05) is 24.3 Å². The minimum atomic E-state index is -0.693. The third kappa shape index (κ3) is 17.4. The Balaban J connectivity index is 2.03. The second kappa shape index (κ2) is 20.5. The third-order valence-electron chi connectivity index (χ3n) is 6.88. The summed E-state index contributed by atoms with van der Waals surface area (Å²) in [5, 5.41) is 5.52. The maximum atomic E-state index is 13.3. The zero-order valence-corrected chi connectivity index (χ0v) is 30.7. The average Bonchev–Trinajstić information content (AvgIpc) is 3.05. The number of hydrogen-bond acceptors (Lipinski definition) is 8. The SMILES string of the molecule is COc1ccc(/C=C/C(=O)NCCN(CCCCN(CCNC(=O)OC(C)(C)C)C(=O)OC(C)(C)C)C(=O)/C=C/c2ccc(OC)cc2)cc1. The Hall–Kier alpha value is -5.00. The quantitative estimate of drug-likeness (QED) is 0.154.